The maximum atomic E-state index is 6.84. The molecule has 5 heteroatoms. The van der Waals surface area contributed by atoms with Gasteiger partial charge in [0.2, 0.25) is 0 Å². The van der Waals surface area contributed by atoms with Gasteiger partial charge in [0, 0.05) is 8.07 Å². The van der Waals surface area contributed by atoms with Crippen molar-refractivity contribution in [2.24, 2.45) is 5.92 Å². The quantitative estimate of drug-likeness (QED) is 0.185. The van der Waals surface area contributed by atoms with E-state index in [1.54, 1.807) is 0 Å². The van der Waals surface area contributed by atoms with E-state index in [0.29, 0.717) is 0 Å². The average Bonchev–Trinajstić information content (AvgIpc) is 2.69. The summed E-state index contributed by atoms with van der Waals surface area (Å²) in [6, 6.07) is 10.4. The van der Waals surface area contributed by atoms with Gasteiger partial charge in [-0.15, -0.1) is 0 Å². The molecule has 1 aliphatic rings. The van der Waals surface area contributed by atoms with Crippen LogP contribution in [0, 0.1) is 5.92 Å². The number of benzene rings is 1. The van der Waals surface area contributed by atoms with E-state index in [1.165, 1.54) is 68.6 Å². The van der Waals surface area contributed by atoms with E-state index in [4.69, 9.17) is 8.85 Å². The van der Waals surface area contributed by atoms with Crippen molar-refractivity contribution in [3.05, 3.63) is 29.8 Å². The third kappa shape index (κ3) is 11.7. The molecular weight excluding hydrogens is 453 g/mol. The first kappa shape index (κ1) is 28.9. The molecule has 33 heavy (non-hydrogen) atoms. The summed E-state index contributed by atoms with van der Waals surface area (Å²) in [5.74, 6) is 2.78. The summed E-state index contributed by atoms with van der Waals surface area (Å²) in [5.41, 5.74) is 2.92. The zero-order valence-corrected chi connectivity index (χ0v) is 26.3. The first-order valence-electron chi connectivity index (χ1n) is 13.8. The minimum absolute atomic E-state index is 0.764. The van der Waals surface area contributed by atoms with Gasteiger partial charge in [-0.25, -0.2) is 0 Å². The van der Waals surface area contributed by atoms with E-state index in [1.807, 2.05) is 0 Å². The highest BCUT2D eigenvalue weighted by Gasteiger charge is 2.37. The van der Waals surface area contributed by atoms with Gasteiger partial charge in [0.1, 0.15) is 5.75 Å². The molecule has 1 aromatic rings. The van der Waals surface area contributed by atoms with Crippen LogP contribution in [0.15, 0.2) is 24.3 Å². The number of hydrogen-bond donors (Lipinski definition) is 0. The van der Waals surface area contributed by atoms with Crippen molar-refractivity contribution >= 4 is 24.7 Å². The highest BCUT2D eigenvalue weighted by atomic mass is 28.4. The Hall–Kier alpha value is -0.369. The second-order valence-corrected chi connectivity index (χ2v) is 28.1. The molecule has 1 unspecified atom stereocenters. The van der Waals surface area contributed by atoms with Gasteiger partial charge in [-0.3, -0.25) is 0 Å². The zero-order valence-electron chi connectivity index (χ0n) is 23.3. The summed E-state index contributed by atoms with van der Waals surface area (Å²) < 4.78 is 12.9. The molecule has 0 radical (unpaired) electrons. The summed E-state index contributed by atoms with van der Waals surface area (Å²) >= 11 is 0. The summed E-state index contributed by atoms with van der Waals surface area (Å²) in [4.78, 5) is 0. The molecule has 0 heterocycles. The van der Waals surface area contributed by atoms with Crippen LogP contribution in [0.5, 0.6) is 5.75 Å². The molecule has 190 valence electrons. The summed E-state index contributed by atoms with van der Waals surface area (Å²) in [7, 11) is -4.17. The predicted octanol–water partition coefficient (Wildman–Crippen LogP) is 9.61. The number of hydrogen-bond acceptors (Lipinski definition) is 2. The molecular formula is C28H54O2Si3. The van der Waals surface area contributed by atoms with Crippen LogP contribution in [0.4, 0.5) is 0 Å². The normalized spacial score (nSPS) is 21.6. The van der Waals surface area contributed by atoms with Gasteiger partial charge in [0.15, 0.2) is 16.6 Å². The van der Waals surface area contributed by atoms with Gasteiger partial charge in [-0.05, 0) is 99.5 Å². The molecule has 1 atom stereocenters. The highest BCUT2D eigenvalue weighted by Crippen LogP contribution is 2.38. The molecule has 1 saturated carbocycles. The first-order chi connectivity index (χ1) is 15.4. The minimum atomic E-state index is -1.59. The van der Waals surface area contributed by atoms with E-state index in [2.05, 4.69) is 77.0 Å². The molecule has 0 saturated heterocycles. The van der Waals surface area contributed by atoms with E-state index in [-0.39, 0.29) is 0 Å². The standard InChI is InChI=1S/C28H54O2Si3/c1-9-13-25-14-16-26(17-15-25)27-18-20-28(21-19-27)29-22-11-10-12-23-33(8,24-31(2,3)4)30-32(5,6)7/h18-21,25-26H,9-17,22-24H2,1-8H3. The fourth-order valence-electron chi connectivity index (χ4n) is 6.03. The van der Waals surface area contributed by atoms with Gasteiger partial charge in [-0.2, -0.15) is 0 Å². The van der Waals surface area contributed by atoms with Crippen molar-refractivity contribution < 1.29 is 8.85 Å². The molecule has 1 aromatic carbocycles. The van der Waals surface area contributed by atoms with Gasteiger partial charge >= 0.3 is 0 Å². The van der Waals surface area contributed by atoms with Crippen LogP contribution in [0.2, 0.25) is 57.5 Å². The Bertz CT molecular complexity index is 652. The third-order valence-electron chi connectivity index (χ3n) is 6.97. The zero-order chi connectivity index (χ0) is 24.5. The van der Waals surface area contributed by atoms with Crippen molar-refractivity contribution in [3.8, 4) is 5.75 Å². The van der Waals surface area contributed by atoms with Crippen LogP contribution in [-0.4, -0.2) is 31.3 Å². The van der Waals surface area contributed by atoms with Crippen molar-refractivity contribution in [1.29, 1.82) is 0 Å². The second kappa shape index (κ2) is 13.1. The first-order valence-corrected chi connectivity index (χ1v) is 23.8. The molecule has 0 spiro atoms. The average molecular weight is 507 g/mol. The number of rotatable bonds is 14. The predicted molar refractivity (Wildman–Crippen MR) is 154 cm³/mol. The Morgan fingerprint density at radius 3 is 2.00 bits per heavy atom. The van der Waals surface area contributed by atoms with E-state index >= 15 is 0 Å². The highest BCUT2D eigenvalue weighted by molar-refractivity contribution is 6.96. The number of ether oxygens (including phenoxy) is 1. The van der Waals surface area contributed by atoms with Gasteiger partial charge in [0.25, 0.3) is 0 Å². The van der Waals surface area contributed by atoms with Crippen LogP contribution in [0.3, 0.4) is 0 Å². The summed E-state index contributed by atoms with van der Waals surface area (Å²) in [6.07, 6.45) is 12.0. The molecule has 0 aliphatic heterocycles. The lowest BCUT2D eigenvalue weighted by Crippen LogP contribution is -2.49. The SMILES string of the molecule is CCCC1CCC(c2ccc(OCCCCC[Si](C)(C[Si](C)(C)C)O[Si](C)(C)C)cc2)CC1. The largest absolute Gasteiger partial charge is 0.494 e. The Balaban J connectivity index is 1.70. The maximum Gasteiger partial charge on any atom is 0.173 e. The minimum Gasteiger partial charge on any atom is -0.494 e. The Morgan fingerprint density at radius 1 is 0.818 bits per heavy atom. The van der Waals surface area contributed by atoms with Gasteiger partial charge < -0.3 is 8.85 Å². The van der Waals surface area contributed by atoms with Crippen molar-refractivity contribution in [1.82, 2.24) is 0 Å². The molecule has 2 nitrogen and oxygen atoms in total. The van der Waals surface area contributed by atoms with E-state index < -0.39 is 24.7 Å². The molecule has 0 bridgehead atoms. The van der Waals surface area contributed by atoms with Crippen molar-refractivity contribution in [2.75, 3.05) is 6.61 Å². The Morgan fingerprint density at radius 2 is 1.45 bits per heavy atom. The van der Waals surface area contributed by atoms with Gasteiger partial charge in [-0.1, -0.05) is 64.4 Å². The van der Waals surface area contributed by atoms with Crippen LogP contribution in [-0.2, 0) is 4.12 Å². The lowest BCUT2D eigenvalue weighted by Gasteiger charge is -2.38. The molecule has 1 fully saturated rings. The lowest BCUT2D eigenvalue weighted by molar-refractivity contribution is 0.303. The molecule has 2 rings (SSSR count). The Kier molecular flexibility index (Phi) is 11.4. The molecule has 0 amide bonds. The smallest absolute Gasteiger partial charge is 0.173 e. The summed E-state index contributed by atoms with van der Waals surface area (Å²) in [6.45, 7) is 20.3. The fraction of sp³-hybridized carbons (Fsp3) is 0.786. The van der Waals surface area contributed by atoms with Crippen molar-refractivity contribution in [3.63, 3.8) is 0 Å². The van der Waals surface area contributed by atoms with Crippen LogP contribution >= 0.6 is 0 Å². The van der Waals surface area contributed by atoms with Crippen LogP contribution < -0.4 is 4.74 Å². The molecule has 0 N–H and O–H groups in total. The second-order valence-electron chi connectivity index (χ2n) is 13.1. The summed E-state index contributed by atoms with van der Waals surface area (Å²) in [5, 5.41) is 0. The fourth-order valence-corrected chi connectivity index (χ4v) is 24.0. The maximum absolute atomic E-state index is 6.84. The molecule has 1 aliphatic carbocycles. The van der Waals surface area contributed by atoms with E-state index in [0.717, 1.165) is 30.6 Å². The topological polar surface area (TPSA) is 18.5 Å². The van der Waals surface area contributed by atoms with Crippen LogP contribution in [0.25, 0.3) is 0 Å². The number of unbranched alkanes of at least 4 members (excludes halogenated alkanes) is 2. The third-order valence-corrected chi connectivity index (χ3v) is 20.0. The monoisotopic (exact) mass is 506 g/mol. The van der Waals surface area contributed by atoms with Crippen LogP contribution in [0.1, 0.15) is 76.2 Å². The van der Waals surface area contributed by atoms with Crippen molar-refractivity contribution in [2.45, 2.75) is 128 Å². The van der Waals surface area contributed by atoms with Gasteiger partial charge in [0.05, 0.1) is 6.61 Å². The van der Waals surface area contributed by atoms with E-state index in [9.17, 15) is 0 Å². The Labute approximate surface area is 209 Å². The lowest BCUT2D eigenvalue weighted by atomic mass is 9.77. The molecule has 0 aromatic heterocycles.